The number of fused-ring (bicyclic) bond motifs is 3. The molecular weight excluding hydrogens is 532 g/mol. The Kier molecular flexibility index (Phi) is 6.08. The third-order valence-corrected chi connectivity index (χ3v) is 8.55. The Morgan fingerprint density at radius 1 is 0.889 bits per heavy atom. The fourth-order valence-electron chi connectivity index (χ4n) is 4.11. The molecule has 0 aliphatic carbocycles. The van der Waals surface area contributed by atoms with Crippen LogP contribution in [0.25, 0.3) is 5.69 Å². The van der Waals surface area contributed by atoms with Gasteiger partial charge in [0.15, 0.2) is 14.9 Å². The fraction of sp³-hybridized carbons (Fsp3) is 0.115. The Morgan fingerprint density at radius 2 is 1.53 bits per heavy atom. The Hall–Kier alpha value is -3.11. The molecule has 180 valence electrons. The van der Waals surface area contributed by atoms with E-state index in [-0.39, 0.29) is 6.04 Å². The number of halogens is 1. The van der Waals surface area contributed by atoms with Crippen LogP contribution in [-0.4, -0.2) is 29.0 Å². The minimum atomic E-state index is -0.213. The van der Waals surface area contributed by atoms with Gasteiger partial charge in [-0.15, -0.1) is 11.3 Å². The van der Waals surface area contributed by atoms with Crippen LogP contribution in [0, 0.1) is 3.95 Å². The summed E-state index contributed by atoms with van der Waals surface area (Å²) in [6, 6.07) is 23.3. The number of nitrogens with zero attached hydrogens (tertiary/aromatic N) is 4. The fourth-order valence-corrected chi connectivity index (χ4v) is 6.66. The molecular formula is C26H19ClN4O2S3. The Bertz CT molecular complexity index is 1560. The van der Waals surface area contributed by atoms with E-state index >= 15 is 0 Å². The summed E-state index contributed by atoms with van der Waals surface area (Å²) in [5, 5.41) is 9.21. The molecule has 10 heteroatoms. The Labute approximate surface area is 226 Å². The molecule has 0 radical (unpaired) electrons. The van der Waals surface area contributed by atoms with Crippen molar-refractivity contribution in [3.8, 4) is 17.2 Å². The van der Waals surface area contributed by atoms with Gasteiger partial charge < -0.3 is 9.47 Å². The molecule has 0 bridgehead atoms. The van der Waals surface area contributed by atoms with Crippen LogP contribution in [0.1, 0.15) is 22.0 Å². The van der Waals surface area contributed by atoms with E-state index < -0.39 is 0 Å². The molecule has 0 fully saturated rings. The molecule has 0 spiro atoms. The summed E-state index contributed by atoms with van der Waals surface area (Å²) in [5.74, 6) is 2.50. The van der Waals surface area contributed by atoms with Gasteiger partial charge in [-0.2, -0.15) is 10.1 Å². The van der Waals surface area contributed by atoms with Crippen molar-refractivity contribution in [2.45, 2.75) is 6.04 Å². The van der Waals surface area contributed by atoms with E-state index in [4.69, 9.17) is 43.4 Å². The van der Waals surface area contributed by atoms with Crippen molar-refractivity contribution in [1.29, 1.82) is 0 Å². The average molecular weight is 551 g/mol. The first-order valence-electron chi connectivity index (χ1n) is 11.0. The van der Waals surface area contributed by atoms with Crippen LogP contribution in [0.5, 0.6) is 11.5 Å². The molecule has 6 rings (SSSR count). The Morgan fingerprint density at radius 3 is 2.17 bits per heavy atom. The number of benzene rings is 3. The number of methoxy groups -OCH3 is 2. The second-order valence-corrected chi connectivity index (χ2v) is 11.1. The monoisotopic (exact) mass is 550 g/mol. The maximum atomic E-state index is 6.18. The summed E-state index contributed by atoms with van der Waals surface area (Å²) in [4.78, 5) is 6.17. The van der Waals surface area contributed by atoms with Crippen LogP contribution in [0.15, 0.2) is 82.9 Å². The largest absolute Gasteiger partial charge is 0.497 e. The lowest BCUT2D eigenvalue weighted by Gasteiger charge is -2.26. The van der Waals surface area contributed by atoms with Gasteiger partial charge in [-0.3, -0.25) is 4.57 Å². The number of aliphatic imine (C=N–C) groups is 1. The lowest BCUT2D eigenvalue weighted by Crippen LogP contribution is -2.27. The highest BCUT2D eigenvalue weighted by Crippen LogP contribution is 2.47. The first-order valence-corrected chi connectivity index (χ1v) is 13.4. The van der Waals surface area contributed by atoms with Crippen molar-refractivity contribution in [2.75, 3.05) is 19.2 Å². The lowest BCUT2D eigenvalue weighted by molar-refractivity contribution is 0.414. The van der Waals surface area contributed by atoms with E-state index in [1.165, 1.54) is 0 Å². The number of hydrazone groups is 1. The molecule has 0 N–H and O–H groups in total. The zero-order chi connectivity index (χ0) is 24.8. The van der Waals surface area contributed by atoms with Crippen molar-refractivity contribution in [3.63, 3.8) is 0 Å². The summed E-state index contributed by atoms with van der Waals surface area (Å²) in [7, 11) is 3.32. The number of ether oxygens (including phenoxy) is 2. The van der Waals surface area contributed by atoms with Crippen LogP contribution < -0.4 is 14.5 Å². The SMILES string of the molecule is COc1ccc(C2=NN3C(=NC(c4ccc(OC)cc4)c4sc(=S)n(-c5ccc(Cl)cc5)c43)S2)cc1. The zero-order valence-corrected chi connectivity index (χ0v) is 22.4. The van der Waals surface area contributed by atoms with E-state index in [2.05, 4.69) is 4.57 Å². The predicted molar refractivity (Wildman–Crippen MR) is 151 cm³/mol. The van der Waals surface area contributed by atoms with Gasteiger partial charge >= 0.3 is 0 Å². The van der Waals surface area contributed by atoms with Gasteiger partial charge in [-0.1, -0.05) is 23.7 Å². The van der Waals surface area contributed by atoms with Crippen molar-refractivity contribution in [2.24, 2.45) is 10.1 Å². The average Bonchev–Trinajstić information content (AvgIpc) is 3.49. The molecule has 1 unspecified atom stereocenters. The highest BCUT2D eigenvalue weighted by Gasteiger charge is 2.38. The molecule has 3 aromatic carbocycles. The third kappa shape index (κ3) is 4.02. The minimum Gasteiger partial charge on any atom is -0.497 e. The van der Waals surface area contributed by atoms with Gasteiger partial charge in [-0.25, -0.2) is 4.99 Å². The number of aromatic nitrogens is 1. The van der Waals surface area contributed by atoms with Gasteiger partial charge in [0.1, 0.15) is 22.6 Å². The maximum absolute atomic E-state index is 6.18. The van der Waals surface area contributed by atoms with E-state index in [0.717, 1.165) is 53.2 Å². The highest BCUT2D eigenvalue weighted by atomic mass is 35.5. The number of thioether (sulfide) groups is 1. The number of amidine groups is 1. The lowest BCUT2D eigenvalue weighted by atomic mass is 10.0. The van der Waals surface area contributed by atoms with E-state index in [1.54, 1.807) is 37.3 Å². The topological polar surface area (TPSA) is 51.4 Å². The van der Waals surface area contributed by atoms with Crippen LogP contribution in [0.4, 0.5) is 5.82 Å². The minimum absolute atomic E-state index is 0.213. The number of rotatable bonds is 5. The molecule has 2 aliphatic heterocycles. The van der Waals surface area contributed by atoms with Crippen molar-refractivity contribution < 1.29 is 9.47 Å². The van der Waals surface area contributed by atoms with Crippen LogP contribution >= 0.6 is 46.9 Å². The van der Waals surface area contributed by atoms with E-state index in [9.17, 15) is 0 Å². The molecule has 0 saturated carbocycles. The Balaban J connectivity index is 1.51. The maximum Gasteiger partial charge on any atom is 0.193 e. The summed E-state index contributed by atoms with van der Waals surface area (Å²) < 4.78 is 13.4. The molecule has 36 heavy (non-hydrogen) atoms. The second kappa shape index (κ2) is 9.40. The summed E-state index contributed by atoms with van der Waals surface area (Å²) in [6.07, 6.45) is 0. The van der Waals surface area contributed by atoms with Crippen LogP contribution in [-0.2, 0) is 0 Å². The molecule has 1 atom stereocenters. The normalized spacial score (nSPS) is 16.2. The zero-order valence-electron chi connectivity index (χ0n) is 19.2. The van der Waals surface area contributed by atoms with Crippen molar-refractivity contribution >= 4 is 62.9 Å². The van der Waals surface area contributed by atoms with Gasteiger partial charge in [0.2, 0.25) is 0 Å². The molecule has 2 aliphatic rings. The number of hydrogen-bond donors (Lipinski definition) is 0. The van der Waals surface area contributed by atoms with Crippen LogP contribution in [0.2, 0.25) is 5.02 Å². The quantitative estimate of drug-likeness (QED) is 0.244. The third-order valence-electron chi connectivity index (χ3n) is 5.91. The van der Waals surface area contributed by atoms with Crippen molar-refractivity contribution in [3.05, 3.63) is 97.8 Å². The number of hydrogen-bond acceptors (Lipinski definition) is 8. The van der Waals surface area contributed by atoms with Gasteiger partial charge in [0, 0.05) is 16.3 Å². The number of anilines is 1. The first-order chi connectivity index (χ1) is 17.6. The van der Waals surface area contributed by atoms with Gasteiger partial charge in [0.25, 0.3) is 0 Å². The summed E-state index contributed by atoms with van der Waals surface area (Å²) in [6.45, 7) is 0. The second-order valence-electron chi connectivity index (χ2n) is 8.00. The van der Waals surface area contributed by atoms with E-state index in [1.807, 2.05) is 77.8 Å². The van der Waals surface area contributed by atoms with Gasteiger partial charge in [0.05, 0.1) is 19.1 Å². The molecule has 6 nitrogen and oxygen atoms in total. The standard InChI is InChI=1S/C26H19ClN4O2S3/c1-32-19-11-3-15(4-12-19)21-22-24(30(26(34)35-22)18-9-7-17(27)8-10-18)31-25(28-21)36-23(29-31)16-5-13-20(33-2)14-6-16/h3-14,21H,1-2H3. The van der Waals surface area contributed by atoms with Crippen LogP contribution in [0.3, 0.4) is 0 Å². The molecule has 0 saturated heterocycles. The summed E-state index contributed by atoms with van der Waals surface area (Å²) >= 11 is 15.1. The molecule has 4 aromatic rings. The highest BCUT2D eigenvalue weighted by molar-refractivity contribution is 8.27. The summed E-state index contributed by atoms with van der Waals surface area (Å²) in [5.41, 5.74) is 2.98. The number of thiazole rings is 1. The molecule has 0 amide bonds. The van der Waals surface area contributed by atoms with Crippen molar-refractivity contribution in [1.82, 2.24) is 4.57 Å². The van der Waals surface area contributed by atoms with Gasteiger partial charge in [-0.05, 0) is 90.2 Å². The first kappa shape index (κ1) is 23.3. The molecule has 1 aromatic heterocycles. The molecule has 3 heterocycles. The van der Waals surface area contributed by atoms with E-state index in [0.29, 0.717) is 5.02 Å². The predicted octanol–water partition coefficient (Wildman–Crippen LogP) is 7.31. The smallest absolute Gasteiger partial charge is 0.193 e.